The Kier molecular flexibility index (Phi) is 4.40. The average Bonchev–Trinajstić information content (AvgIpc) is 3.02. The molecule has 1 aliphatic rings. The van der Waals surface area contributed by atoms with Crippen LogP contribution in [0.4, 0.5) is 4.39 Å². The van der Waals surface area contributed by atoms with Gasteiger partial charge in [0.1, 0.15) is 5.82 Å². The Morgan fingerprint density at radius 1 is 1.14 bits per heavy atom. The zero-order chi connectivity index (χ0) is 14.5. The number of nitrogens with one attached hydrogen (secondary N) is 3. The van der Waals surface area contributed by atoms with Gasteiger partial charge in [0, 0.05) is 9.79 Å². The van der Waals surface area contributed by atoms with Crippen molar-refractivity contribution in [2.75, 3.05) is 13.1 Å². The molecule has 0 atom stereocenters. The normalized spacial score (nSPS) is 13.7. The summed E-state index contributed by atoms with van der Waals surface area (Å²) in [5.74, 6) is 0.778. The molecule has 2 aromatic carbocycles. The van der Waals surface area contributed by atoms with Gasteiger partial charge in [0.15, 0.2) is 0 Å². The molecule has 2 aromatic rings. The van der Waals surface area contributed by atoms with Crippen LogP contribution in [0, 0.1) is 5.82 Å². The summed E-state index contributed by atoms with van der Waals surface area (Å²) in [4.78, 5) is 5.46. The lowest BCUT2D eigenvalue weighted by molar-refractivity contribution is -0.446. The summed E-state index contributed by atoms with van der Waals surface area (Å²) in [7, 11) is 0. The van der Waals surface area contributed by atoms with Gasteiger partial charge >= 0.3 is 5.96 Å². The largest absolute Gasteiger partial charge is 0.343 e. The first-order valence-corrected chi connectivity index (χ1v) is 7.73. The lowest BCUT2D eigenvalue weighted by atomic mass is 10.2. The molecule has 0 saturated heterocycles. The number of benzene rings is 2. The molecule has 0 aromatic heterocycles. The second-order valence-electron chi connectivity index (χ2n) is 4.75. The van der Waals surface area contributed by atoms with Crippen LogP contribution in [0.5, 0.6) is 0 Å². The predicted octanol–water partition coefficient (Wildman–Crippen LogP) is 1.11. The summed E-state index contributed by atoms with van der Waals surface area (Å²) in [5, 5.41) is 6.60. The molecular weight excluding hydrogens is 285 g/mol. The van der Waals surface area contributed by atoms with Crippen LogP contribution < -0.4 is 15.6 Å². The molecule has 5 heteroatoms. The Bertz CT molecular complexity index is 640. The summed E-state index contributed by atoms with van der Waals surface area (Å²) in [6, 6.07) is 14.8. The van der Waals surface area contributed by atoms with E-state index in [-0.39, 0.29) is 5.82 Å². The Balaban J connectivity index is 1.71. The van der Waals surface area contributed by atoms with E-state index in [1.165, 1.54) is 22.6 Å². The molecule has 0 radical (unpaired) electrons. The first kappa shape index (κ1) is 13.9. The molecule has 21 heavy (non-hydrogen) atoms. The van der Waals surface area contributed by atoms with E-state index in [9.17, 15) is 4.39 Å². The van der Waals surface area contributed by atoms with E-state index in [0.717, 1.165) is 30.5 Å². The minimum atomic E-state index is -0.205. The SMILES string of the molecule is Fc1ccc(Sc2ccccc2CNC2=[NH+]CCN2)cc1. The highest BCUT2D eigenvalue weighted by Gasteiger charge is 2.12. The number of hydrogen-bond acceptors (Lipinski definition) is 3. The maximum absolute atomic E-state index is 13.0. The molecule has 0 fully saturated rings. The highest BCUT2D eigenvalue weighted by Crippen LogP contribution is 2.30. The summed E-state index contributed by atoms with van der Waals surface area (Å²) >= 11 is 1.65. The molecule has 1 aliphatic heterocycles. The third-order valence-electron chi connectivity index (χ3n) is 3.20. The van der Waals surface area contributed by atoms with Crippen molar-refractivity contribution in [1.82, 2.24) is 10.6 Å². The average molecular weight is 302 g/mol. The fraction of sp³-hybridized carbons (Fsp3) is 0.188. The second-order valence-corrected chi connectivity index (χ2v) is 5.86. The zero-order valence-corrected chi connectivity index (χ0v) is 12.3. The molecule has 0 amide bonds. The van der Waals surface area contributed by atoms with Crippen molar-refractivity contribution in [3.8, 4) is 0 Å². The molecular formula is C16H17FN3S+. The molecule has 0 bridgehead atoms. The number of guanidine groups is 1. The zero-order valence-electron chi connectivity index (χ0n) is 11.5. The summed E-state index contributed by atoms with van der Waals surface area (Å²) < 4.78 is 13.0. The van der Waals surface area contributed by atoms with E-state index in [2.05, 4.69) is 27.8 Å². The van der Waals surface area contributed by atoms with Crippen molar-refractivity contribution in [3.63, 3.8) is 0 Å². The lowest BCUT2D eigenvalue weighted by Crippen LogP contribution is -2.73. The molecule has 3 nitrogen and oxygen atoms in total. The van der Waals surface area contributed by atoms with Crippen LogP contribution in [-0.4, -0.2) is 19.0 Å². The topological polar surface area (TPSA) is 38.0 Å². The van der Waals surface area contributed by atoms with Gasteiger partial charge in [-0.15, -0.1) is 0 Å². The van der Waals surface area contributed by atoms with Crippen molar-refractivity contribution in [2.24, 2.45) is 0 Å². The summed E-state index contributed by atoms with van der Waals surface area (Å²) in [6.07, 6.45) is 0. The summed E-state index contributed by atoms with van der Waals surface area (Å²) in [6.45, 7) is 2.66. The van der Waals surface area contributed by atoms with Gasteiger partial charge in [0.2, 0.25) is 0 Å². The van der Waals surface area contributed by atoms with Gasteiger partial charge in [-0.25, -0.2) is 4.39 Å². The van der Waals surface area contributed by atoms with Crippen molar-refractivity contribution < 1.29 is 9.38 Å². The van der Waals surface area contributed by atoms with E-state index in [1.807, 2.05) is 12.1 Å². The van der Waals surface area contributed by atoms with Gasteiger partial charge in [-0.2, -0.15) is 0 Å². The van der Waals surface area contributed by atoms with E-state index in [0.29, 0.717) is 0 Å². The first-order valence-electron chi connectivity index (χ1n) is 6.91. The minimum absolute atomic E-state index is 0.205. The third-order valence-corrected chi connectivity index (χ3v) is 4.32. The molecule has 0 aliphatic carbocycles. The van der Waals surface area contributed by atoms with Crippen molar-refractivity contribution >= 4 is 17.7 Å². The minimum Gasteiger partial charge on any atom is -0.275 e. The molecule has 0 spiro atoms. The highest BCUT2D eigenvalue weighted by atomic mass is 32.2. The van der Waals surface area contributed by atoms with Crippen LogP contribution in [0.1, 0.15) is 5.56 Å². The molecule has 0 saturated carbocycles. The molecule has 0 unspecified atom stereocenters. The van der Waals surface area contributed by atoms with Crippen LogP contribution in [0.25, 0.3) is 0 Å². The Hall–Kier alpha value is -2.01. The molecule has 1 heterocycles. The van der Waals surface area contributed by atoms with Gasteiger partial charge in [-0.3, -0.25) is 15.6 Å². The monoisotopic (exact) mass is 302 g/mol. The van der Waals surface area contributed by atoms with Crippen molar-refractivity contribution in [1.29, 1.82) is 0 Å². The number of hydrogen-bond donors (Lipinski definition) is 3. The van der Waals surface area contributed by atoms with E-state index < -0.39 is 0 Å². The van der Waals surface area contributed by atoms with E-state index in [4.69, 9.17) is 0 Å². The number of halogens is 1. The third kappa shape index (κ3) is 3.76. The summed E-state index contributed by atoms with van der Waals surface area (Å²) in [5.41, 5.74) is 1.22. The predicted molar refractivity (Wildman–Crippen MR) is 82.6 cm³/mol. The van der Waals surface area contributed by atoms with Crippen LogP contribution >= 0.6 is 11.8 Å². The molecule has 3 N–H and O–H groups in total. The van der Waals surface area contributed by atoms with E-state index in [1.54, 1.807) is 23.9 Å². The van der Waals surface area contributed by atoms with Crippen LogP contribution in [0.3, 0.4) is 0 Å². The lowest BCUT2D eigenvalue weighted by Gasteiger charge is -2.08. The Morgan fingerprint density at radius 3 is 2.71 bits per heavy atom. The maximum Gasteiger partial charge on any atom is 0.343 e. The van der Waals surface area contributed by atoms with Crippen LogP contribution in [-0.2, 0) is 6.54 Å². The fourth-order valence-corrected chi connectivity index (χ4v) is 3.07. The van der Waals surface area contributed by atoms with Crippen molar-refractivity contribution in [2.45, 2.75) is 16.3 Å². The standard InChI is InChI=1S/C16H16FN3S/c17-13-5-7-14(8-6-13)21-15-4-2-1-3-12(15)11-20-16-18-9-10-19-16/h1-8H,9-11H2,(H2,18,19,20)/p+1. The smallest absolute Gasteiger partial charge is 0.275 e. The van der Waals surface area contributed by atoms with Crippen LogP contribution in [0.15, 0.2) is 58.3 Å². The van der Waals surface area contributed by atoms with Gasteiger partial charge in [-0.1, -0.05) is 30.0 Å². The van der Waals surface area contributed by atoms with Gasteiger partial charge < -0.3 is 0 Å². The fourth-order valence-electron chi connectivity index (χ4n) is 2.13. The molecule has 108 valence electrons. The second kappa shape index (κ2) is 6.63. The Morgan fingerprint density at radius 2 is 1.95 bits per heavy atom. The maximum atomic E-state index is 13.0. The van der Waals surface area contributed by atoms with E-state index >= 15 is 0 Å². The quantitative estimate of drug-likeness (QED) is 0.792. The number of rotatable bonds is 4. The van der Waals surface area contributed by atoms with Crippen LogP contribution in [0.2, 0.25) is 0 Å². The highest BCUT2D eigenvalue weighted by molar-refractivity contribution is 7.99. The van der Waals surface area contributed by atoms with Crippen molar-refractivity contribution in [3.05, 3.63) is 59.9 Å². The van der Waals surface area contributed by atoms with Gasteiger partial charge in [-0.05, 0) is 35.9 Å². The van der Waals surface area contributed by atoms with Gasteiger partial charge in [0.25, 0.3) is 0 Å². The first-order chi connectivity index (χ1) is 10.3. The Labute approximate surface area is 127 Å². The molecule has 3 rings (SSSR count). The van der Waals surface area contributed by atoms with Gasteiger partial charge in [0.05, 0.1) is 19.6 Å².